The van der Waals surface area contributed by atoms with E-state index in [1.807, 2.05) is 24.3 Å². The van der Waals surface area contributed by atoms with Gasteiger partial charge in [-0.1, -0.05) is 30.0 Å². The van der Waals surface area contributed by atoms with Gasteiger partial charge in [0.1, 0.15) is 5.75 Å². The molecule has 2 aromatic carbocycles. The van der Waals surface area contributed by atoms with Crippen LogP contribution >= 0.6 is 0 Å². The maximum atomic E-state index is 13.5. The van der Waals surface area contributed by atoms with E-state index in [0.717, 1.165) is 31.2 Å². The number of likely N-dealkylation sites (N-methyl/N-ethyl adjacent to an activating group) is 1. The normalized spacial score (nSPS) is 22.6. The lowest BCUT2D eigenvalue weighted by molar-refractivity contribution is -0.129. The lowest BCUT2D eigenvalue weighted by atomic mass is 9.81. The van der Waals surface area contributed by atoms with Crippen LogP contribution in [0.4, 0.5) is 8.78 Å². The van der Waals surface area contributed by atoms with Crippen LogP contribution < -0.4 is 10.5 Å². The molecule has 2 fully saturated rings. The SMILES string of the molecule is CN1C(=O)[C@@](c2cccc(C#CC3CC3)c2)(c2ccc(OC(F)F)c(C3CC3)c2)N=C1N. The molecule has 2 saturated carbocycles. The second kappa shape index (κ2) is 7.63. The first kappa shape index (κ1) is 20.5. The van der Waals surface area contributed by atoms with Gasteiger partial charge >= 0.3 is 6.61 Å². The maximum absolute atomic E-state index is 13.5. The van der Waals surface area contributed by atoms with Gasteiger partial charge in [-0.2, -0.15) is 8.78 Å². The molecule has 1 atom stereocenters. The van der Waals surface area contributed by atoms with Crippen LogP contribution in [0, 0.1) is 17.8 Å². The summed E-state index contributed by atoms with van der Waals surface area (Å²) < 4.78 is 30.6. The lowest BCUT2D eigenvalue weighted by Gasteiger charge is -2.27. The molecule has 0 radical (unpaired) electrons. The summed E-state index contributed by atoms with van der Waals surface area (Å²) in [7, 11) is 1.58. The number of guanidine groups is 1. The standard InChI is InChI=1S/C25H23F2N3O2/c1-30-22(31)25(29-24(30)28,18-4-2-3-16(13-18)8-7-15-5-6-15)19-11-12-21(32-23(26)27)20(14-19)17-9-10-17/h2-4,11-15,17,23H,5-6,9-10H2,1H3,(H2,28,29)/t25-/m1/s1. The van der Waals surface area contributed by atoms with E-state index in [1.54, 1.807) is 19.2 Å². The zero-order chi connectivity index (χ0) is 22.5. The minimum atomic E-state index is -2.91. The number of hydrogen-bond acceptors (Lipinski definition) is 4. The van der Waals surface area contributed by atoms with Crippen molar-refractivity contribution in [3.8, 4) is 17.6 Å². The summed E-state index contributed by atoms with van der Waals surface area (Å²) in [5.74, 6) is 6.95. The highest BCUT2D eigenvalue weighted by atomic mass is 19.3. The highest BCUT2D eigenvalue weighted by Crippen LogP contribution is 2.48. The van der Waals surface area contributed by atoms with Crippen molar-refractivity contribution in [2.75, 3.05) is 7.05 Å². The molecule has 0 saturated heterocycles. The van der Waals surface area contributed by atoms with Crippen molar-refractivity contribution < 1.29 is 18.3 Å². The number of aliphatic imine (C=N–C) groups is 1. The fourth-order valence-electron chi connectivity index (χ4n) is 4.11. The monoisotopic (exact) mass is 435 g/mol. The Morgan fingerprint density at radius 2 is 1.91 bits per heavy atom. The van der Waals surface area contributed by atoms with Crippen molar-refractivity contribution in [3.05, 3.63) is 64.7 Å². The van der Waals surface area contributed by atoms with E-state index in [4.69, 9.17) is 10.5 Å². The van der Waals surface area contributed by atoms with Gasteiger partial charge in [-0.3, -0.25) is 9.69 Å². The number of halogens is 2. The number of alkyl halides is 2. The number of benzene rings is 2. The third-order valence-electron chi connectivity index (χ3n) is 6.18. The van der Waals surface area contributed by atoms with Crippen molar-refractivity contribution in [2.24, 2.45) is 16.6 Å². The van der Waals surface area contributed by atoms with E-state index in [2.05, 4.69) is 16.8 Å². The number of amides is 1. The van der Waals surface area contributed by atoms with Crippen LogP contribution in [0.5, 0.6) is 5.75 Å². The fraction of sp³-hybridized carbons (Fsp3) is 0.360. The van der Waals surface area contributed by atoms with Gasteiger partial charge in [0.05, 0.1) is 0 Å². The molecule has 5 rings (SSSR count). The number of hydrogen-bond donors (Lipinski definition) is 1. The number of nitrogens with two attached hydrogens (primary N) is 1. The number of carbonyl (C=O) groups excluding carboxylic acids is 1. The Kier molecular flexibility index (Phi) is 4.89. The van der Waals surface area contributed by atoms with Crippen molar-refractivity contribution in [1.29, 1.82) is 0 Å². The summed E-state index contributed by atoms with van der Waals surface area (Å²) in [5, 5.41) is 0. The van der Waals surface area contributed by atoms with Gasteiger partial charge in [-0.15, -0.1) is 0 Å². The number of ether oxygens (including phenoxy) is 1. The highest BCUT2D eigenvalue weighted by Gasteiger charge is 2.50. The van der Waals surface area contributed by atoms with Crippen LogP contribution in [0.3, 0.4) is 0 Å². The van der Waals surface area contributed by atoms with Gasteiger partial charge < -0.3 is 10.5 Å². The van der Waals surface area contributed by atoms with E-state index in [9.17, 15) is 13.6 Å². The first-order chi connectivity index (χ1) is 15.4. The van der Waals surface area contributed by atoms with Gasteiger partial charge in [0, 0.05) is 18.5 Å². The second-order valence-corrected chi connectivity index (χ2v) is 8.57. The molecule has 0 spiro atoms. The molecular formula is C25H23F2N3O2. The van der Waals surface area contributed by atoms with Crippen LogP contribution in [0.25, 0.3) is 0 Å². The fourth-order valence-corrected chi connectivity index (χ4v) is 4.11. The summed E-state index contributed by atoms with van der Waals surface area (Å²) in [4.78, 5) is 19.5. The molecule has 0 bridgehead atoms. The maximum Gasteiger partial charge on any atom is 0.387 e. The molecule has 2 aromatic rings. The topological polar surface area (TPSA) is 67.9 Å². The van der Waals surface area contributed by atoms with E-state index >= 15 is 0 Å². The average Bonchev–Trinajstić information content (AvgIpc) is 3.69. The Morgan fingerprint density at radius 1 is 1.16 bits per heavy atom. The zero-order valence-corrected chi connectivity index (χ0v) is 17.6. The van der Waals surface area contributed by atoms with Crippen LogP contribution in [0.1, 0.15) is 53.9 Å². The lowest BCUT2D eigenvalue weighted by Crippen LogP contribution is -2.41. The van der Waals surface area contributed by atoms with Gasteiger partial charge in [0.25, 0.3) is 5.91 Å². The van der Waals surface area contributed by atoms with Crippen LogP contribution in [-0.4, -0.2) is 30.4 Å². The van der Waals surface area contributed by atoms with Crippen molar-refractivity contribution in [1.82, 2.24) is 4.90 Å². The third-order valence-corrected chi connectivity index (χ3v) is 6.18. The Hall–Kier alpha value is -3.40. The van der Waals surface area contributed by atoms with Gasteiger partial charge in [0.2, 0.25) is 0 Å². The smallest absolute Gasteiger partial charge is 0.387 e. The van der Waals surface area contributed by atoms with Gasteiger partial charge in [-0.25, -0.2) is 4.99 Å². The molecule has 0 aromatic heterocycles. The quantitative estimate of drug-likeness (QED) is 0.723. The van der Waals surface area contributed by atoms with Crippen LogP contribution in [0.2, 0.25) is 0 Å². The Labute approximate surface area is 185 Å². The molecule has 1 aliphatic heterocycles. The highest BCUT2D eigenvalue weighted by molar-refractivity contribution is 6.09. The molecule has 0 unspecified atom stereocenters. The molecule has 5 nitrogen and oxygen atoms in total. The molecular weight excluding hydrogens is 412 g/mol. The largest absolute Gasteiger partial charge is 0.435 e. The number of nitrogens with zero attached hydrogens (tertiary/aromatic N) is 2. The second-order valence-electron chi connectivity index (χ2n) is 8.57. The predicted molar refractivity (Wildman–Crippen MR) is 116 cm³/mol. The van der Waals surface area contributed by atoms with Gasteiger partial charge in [-0.05, 0) is 72.6 Å². The molecule has 164 valence electrons. The summed E-state index contributed by atoms with van der Waals surface area (Å²) >= 11 is 0. The number of rotatable bonds is 5. The molecule has 1 amide bonds. The summed E-state index contributed by atoms with van der Waals surface area (Å²) in [6.45, 7) is -2.91. The molecule has 7 heteroatoms. The first-order valence-corrected chi connectivity index (χ1v) is 10.7. The van der Waals surface area contributed by atoms with Crippen molar-refractivity contribution >= 4 is 11.9 Å². The predicted octanol–water partition coefficient (Wildman–Crippen LogP) is 3.96. The van der Waals surface area contributed by atoms with Crippen molar-refractivity contribution in [2.45, 2.75) is 43.8 Å². The van der Waals surface area contributed by atoms with E-state index in [1.165, 1.54) is 11.0 Å². The first-order valence-electron chi connectivity index (χ1n) is 10.7. The Morgan fingerprint density at radius 3 is 2.53 bits per heavy atom. The summed E-state index contributed by atoms with van der Waals surface area (Å²) in [5.41, 5.74) is 7.35. The Balaban J connectivity index is 1.65. The number of carbonyl (C=O) groups is 1. The van der Waals surface area contributed by atoms with E-state index in [-0.39, 0.29) is 23.5 Å². The van der Waals surface area contributed by atoms with E-state index < -0.39 is 12.2 Å². The minimum absolute atomic E-state index is 0.102. The molecule has 2 aliphatic carbocycles. The van der Waals surface area contributed by atoms with Crippen LogP contribution in [0.15, 0.2) is 47.5 Å². The van der Waals surface area contributed by atoms with Crippen molar-refractivity contribution in [3.63, 3.8) is 0 Å². The van der Waals surface area contributed by atoms with E-state index in [0.29, 0.717) is 22.6 Å². The van der Waals surface area contributed by atoms with Crippen LogP contribution in [-0.2, 0) is 10.3 Å². The molecule has 3 aliphatic rings. The molecule has 2 N–H and O–H groups in total. The zero-order valence-electron chi connectivity index (χ0n) is 17.6. The Bertz CT molecular complexity index is 1180. The minimum Gasteiger partial charge on any atom is -0.435 e. The molecule has 1 heterocycles. The summed E-state index contributed by atoms with van der Waals surface area (Å²) in [6.07, 6.45) is 4.03. The average molecular weight is 435 g/mol. The summed E-state index contributed by atoms with van der Waals surface area (Å²) in [6, 6.07) is 12.3. The third kappa shape index (κ3) is 3.60. The van der Waals surface area contributed by atoms with Gasteiger partial charge in [0.15, 0.2) is 11.5 Å². The molecule has 32 heavy (non-hydrogen) atoms.